The molecule has 0 bridgehead atoms. The first-order valence-electron chi connectivity index (χ1n) is 4.82. The van der Waals surface area contributed by atoms with Crippen molar-refractivity contribution in [1.82, 2.24) is 5.43 Å². The van der Waals surface area contributed by atoms with Gasteiger partial charge in [0.05, 0.1) is 12.1 Å². The molecule has 0 aromatic heterocycles. The molecule has 1 fully saturated rings. The van der Waals surface area contributed by atoms with Crippen LogP contribution in [0.4, 0.5) is 0 Å². The van der Waals surface area contributed by atoms with Gasteiger partial charge in [0, 0.05) is 7.11 Å². The summed E-state index contributed by atoms with van der Waals surface area (Å²) in [4.78, 5) is 0. The normalized spacial score (nSPS) is 22.2. The molecule has 0 heterocycles. The summed E-state index contributed by atoms with van der Waals surface area (Å²) < 4.78 is 5.40. The molecule has 0 radical (unpaired) electrons. The Kier molecular flexibility index (Phi) is 3.98. The van der Waals surface area contributed by atoms with Crippen molar-refractivity contribution in [2.75, 3.05) is 7.11 Å². The quantitative estimate of drug-likeness (QED) is 0.465. The molecule has 0 saturated heterocycles. The lowest BCUT2D eigenvalue weighted by Gasteiger charge is -2.24. The van der Waals surface area contributed by atoms with Crippen LogP contribution in [0, 0.1) is 5.92 Å². The minimum absolute atomic E-state index is 0.299. The molecule has 2 atom stereocenters. The third-order valence-electron chi connectivity index (χ3n) is 2.60. The zero-order valence-corrected chi connectivity index (χ0v) is 8.05. The molecule has 3 heteroatoms. The molecule has 1 saturated carbocycles. The van der Waals surface area contributed by atoms with Gasteiger partial charge in [0.2, 0.25) is 0 Å². The summed E-state index contributed by atoms with van der Waals surface area (Å²) in [6.45, 7) is 2.17. The van der Waals surface area contributed by atoms with Gasteiger partial charge in [-0.3, -0.25) is 11.3 Å². The molecule has 3 N–H and O–H groups in total. The molecule has 1 aliphatic rings. The summed E-state index contributed by atoms with van der Waals surface area (Å²) >= 11 is 0. The Morgan fingerprint density at radius 3 is 2.58 bits per heavy atom. The second kappa shape index (κ2) is 4.80. The van der Waals surface area contributed by atoms with Crippen molar-refractivity contribution in [3.8, 4) is 0 Å². The molecular formula is C9H20N2O. The van der Waals surface area contributed by atoms with E-state index in [4.69, 9.17) is 10.6 Å². The van der Waals surface area contributed by atoms with Gasteiger partial charge in [-0.1, -0.05) is 13.3 Å². The van der Waals surface area contributed by atoms with Gasteiger partial charge in [-0.05, 0) is 25.2 Å². The minimum atomic E-state index is 0.299. The lowest BCUT2D eigenvalue weighted by molar-refractivity contribution is 0.0539. The van der Waals surface area contributed by atoms with E-state index in [-0.39, 0.29) is 0 Å². The number of hydrazine groups is 1. The fourth-order valence-electron chi connectivity index (χ4n) is 1.73. The summed E-state index contributed by atoms with van der Waals surface area (Å²) in [6, 6.07) is 0.370. The fourth-order valence-corrected chi connectivity index (χ4v) is 1.73. The van der Waals surface area contributed by atoms with Crippen LogP contribution in [-0.2, 0) is 4.74 Å². The van der Waals surface area contributed by atoms with Crippen molar-refractivity contribution < 1.29 is 4.74 Å². The highest BCUT2D eigenvalue weighted by molar-refractivity contribution is 4.90. The number of methoxy groups -OCH3 is 1. The van der Waals surface area contributed by atoms with Crippen molar-refractivity contribution >= 4 is 0 Å². The average molecular weight is 172 g/mol. The van der Waals surface area contributed by atoms with Crippen LogP contribution in [0.2, 0.25) is 0 Å². The molecular weight excluding hydrogens is 152 g/mol. The highest BCUT2D eigenvalue weighted by Gasteiger charge is 2.35. The molecule has 3 nitrogen and oxygen atoms in total. The second-order valence-corrected chi connectivity index (χ2v) is 3.59. The third-order valence-corrected chi connectivity index (χ3v) is 2.60. The molecule has 1 rings (SSSR count). The summed E-state index contributed by atoms with van der Waals surface area (Å²) in [5, 5.41) is 0. The smallest absolute Gasteiger partial charge is 0.0740 e. The summed E-state index contributed by atoms with van der Waals surface area (Å²) in [6.07, 6.45) is 5.16. The number of rotatable bonds is 6. The van der Waals surface area contributed by atoms with Crippen LogP contribution >= 0.6 is 0 Å². The summed E-state index contributed by atoms with van der Waals surface area (Å²) in [7, 11) is 1.77. The van der Waals surface area contributed by atoms with E-state index < -0.39 is 0 Å². The Balaban J connectivity index is 2.36. The minimum Gasteiger partial charge on any atom is -0.380 e. The molecule has 12 heavy (non-hydrogen) atoms. The first kappa shape index (κ1) is 9.96. The van der Waals surface area contributed by atoms with Gasteiger partial charge in [-0.2, -0.15) is 0 Å². The highest BCUT2D eigenvalue weighted by Crippen LogP contribution is 2.35. The van der Waals surface area contributed by atoms with E-state index in [0.717, 1.165) is 18.8 Å². The number of ether oxygens (including phenoxy) is 1. The molecule has 0 amide bonds. The number of hydrogen-bond donors (Lipinski definition) is 2. The zero-order chi connectivity index (χ0) is 8.97. The maximum atomic E-state index is 5.49. The van der Waals surface area contributed by atoms with Gasteiger partial charge >= 0.3 is 0 Å². The fraction of sp³-hybridized carbons (Fsp3) is 1.00. The van der Waals surface area contributed by atoms with Gasteiger partial charge < -0.3 is 4.74 Å². The molecule has 72 valence electrons. The highest BCUT2D eigenvalue weighted by atomic mass is 16.5. The molecule has 0 aromatic rings. The van der Waals surface area contributed by atoms with Crippen LogP contribution in [0.15, 0.2) is 0 Å². The van der Waals surface area contributed by atoms with Crippen LogP contribution in [0.5, 0.6) is 0 Å². The Hall–Kier alpha value is -0.120. The van der Waals surface area contributed by atoms with Crippen molar-refractivity contribution in [2.45, 2.75) is 44.8 Å². The third kappa shape index (κ3) is 2.44. The topological polar surface area (TPSA) is 47.3 Å². The number of nitrogens with two attached hydrogens (primary N) is 1. The molecule has 1 aliphatic carbocycles. The summed E-state index contributed by atoms with van der Waals surface area (Å²) in [5.41, 5.74) is 2.87. The van der Waals surface area contributed by atoms with E-state index >= 15 is 0 Å². The number of hydrogen-bond acceptors (Lipinski definition) is 3. The van der Waals surface area contributed by atoms with Crippen LogP contribution in [0.3, 0.4) is 0 Å². The van der Waals surface area contributed by atoms with Crippen molar-refractivity contribution in [2.24, 2.45) is 11.8 Å². The zero-order valence-electron chi connectivity index (χ0n) is 8.05. The molecule has 0 spiro atoms. The first-order valence-corrected chi connectivity index (χ1v) is 4.82. The van der Waals surface area contributed by atoms with E-state index in [9.17, 15) is 0 Å². The van der Waals surface area contributed by atoms with Crippen molar-refractivity contribution in [1.29, 1.82) is 0 Å². The Morgan fingerprint density at radius 2 is 2.25 bits per heavy atom. The Bertz CT molecular complexity index is 126. The van der Waals surface area contributed by atoms with Gasteiger partial charge in [0.15, 0.2) is 0 Å². The van der Waals surface area contributed by atoms with Crippen LogP contribution in [0.1, 0.15) is 32.6 Å². The SMILES string of the molecule is CCCC(OC)C(NN)C1CC1. The van der Waals surface area contributed by atoms with E-state index in [1.165, 1.54) is 12.8 Å². The largest absolute Gasteiger partial charge is 0.380 e. The molecule has 2 unspecified atom stereocenters. The van der Waals surface area contributed by atoms with Crippen molar-refractivity contribution in [3.05, 3.63) is 0 Å². The second-order valence-electron chi connectivity index (χ2n) is 3.59. The molecule has 0 aliphatic heterocycles. The monoisotopic (exact) mass is 172 g/mol. The van der Waals surface area contributed by atoms with Crippen LogP contribution in [-0.4, -0.2) is 19.3 Å². The van der Waals surface area contributed by atoms with Crippen molar-refractivity contribution in [3.63, 3.8) is 0 Å². The number of nitrogens with one attached hydrogen (secondary N) is 1. The van der Waals surface area contributed by atoms with Gasteiger partial charge in [-0.15, -0.1) is 0 Å². The summed E-state index contributed by atoms with van der Waals surface area (Å²) in [5.74, 6) is 6.25. The Labute approximate surface area is 74.6 Å². The van der Waals surface area contributed by atoms with Gasteiger partial charge in [-0.25, -0.2) is 0 Å². The lowest BCUT2D eigenvalue weighted by atomic mass is 10.0. The lowest BCUT2D eigenvalue weighted by Crippen LogP contribution is -2.46. The standard InChI is InChI=1S/C9H20N2O/c1-3-4-8(12-2)9(11-10)7-5-6-7/h7-9,11H,3-6,10H2,1-2H3. The van der Waals surface area contributed by atoms with Crippen LogP contribution in [0.25, 0.3) is 0 Å². The Morgan fingerprint density at radius 1 is 1.58 bits per heavy atom. The van der Waals surface area contributed by atoms with Crippen LogP contribution < -0.4 is 11.3 Å². The first-order chi connectivity index (χ1) is 5.83. The van der Waals surface area contributed by atoms with E-state index in [0.29, 0.717) is 12.1 Å². The van der Waals surface area contributed by atoms with Gasteiger partial charge in [0.25, 0.3) is 0 Å². The predicted molar refractivity (Wildman–Crippen MR) is 49.5 cm³/mol. The van der Waals surface area contributed by atoms with E-state index in [1.807, 2.05) is 0 Å². The average Bonchev–Trinajstić information content (AvgIpc) is 2.88. The molecule has 0 aromatic carbocycles. The maximum absolute atomic E-state index is 5.49. The van der Waals surface area contributed by atoms with E-state index in [1.54, 1.807) is 7.11 Å². The maximum Gasteiger partial charge on any atom is 0.0740 e. The van der Waals surface area contributed by atoms with E-state index in [2.05, 4.69) is 12.3 Å². The predicted octanol–water partition coefficient (Wildman–Crippen LogP) is 1.04. The van der Waals surface area contributed by atoms with Gasteiger partial charge in [0.1, 0.15) is 0 Å².